The minimum atomic E-state index is 0.00486. The maximum Gasteiger partial charge on any atom is 0.0837 e. The number of aromatic nitrogens is 4. The average molecular weight is 296 g/mol. The molecule has 0 aliphatic rings. The standard InChI is InChI=1S/C14H22ClN5/c1-6-7-20-14(11(15)8-17-20)13(16-4)12-9(2)18-19(5)10(12)3/h8,13,16H,6-7H2,1-5H3. The number of nitrogens with zero attached hydrogens (tertiary/aromatic N) is 4. The quantitative estimate of drug-likeness (QED) is 0.922. The van der Waals surface area contributed by atoms with Crippen molar-refractivity contribution < 1.29 is 0 Å². The molecule has 1 atom stereocenters. The minimum absolute atomic E-state index is 0.00486. The van der Waals surface area contributed by atoms with E-state index in [1.807, 2.05) is 30.4 Å². The second kappa shape index (κ2) is 5.97. The summed E-state index contributed by atoms with van der Waals surface area (Å²) in [6.07, 6.45) is 2.74. The number of hydrogen-bond acceptors (Lipinski definition) is 3. The Bertz CT molecular complexity index is 599. The van der Waals surface area contributed by atoms with Crippen molar-refractivity contribution in [2.45, 2.75) is 39.8 Å². The van der Waals surface area contributed by atoms with Crippen LogP contribution < -0.4 is 5.32 Å². The van der Waals surface area contributed by atoms with Crippen molar-refractivity contribution in [1.82, 2.24) is 24.9 Å². The molecule has 0 spiro atoms. The molecule has 20 heavy (non-hydrogen) atoms. The molecule has 110 valence electrons. The van der Waals surface area contributed by atoms with Crippen molar-refractivity contribution >= 4 is 11.6 Å². The highest BCUT2D eigenvalue weighted by molar-refractivity contribution is 6.31. The lowest BCUT2D eigenvalue weighted by molar-refractivity contribution is 0.532. The number of rotatable bonds is 5. The van der Waals surface area contributed by atoms with Crippen LogP contribution in [0.2, 0.25) is 5.02 Å². The molecule has 2 heterocycles. The zero-order valence-corrected chi connectivity index (χ0v) is 13.5. The molecule has 6 heteroatoms. The van der Waals surface area contributed by atoms with E-state index in [0.717, 1.165) is 30.0 Å². The lowest BCUT2D eigenvalue weighted by atomic mass is 10.0. The lowest BCUT2D eigenvalue weighted by Crippen LogP contribution is -2.23. The highest BCUT2D eigenvalue weighted by Crippen LogP contribution is 2.31. The first-order valence-corrected chi connectivity index (χ1v) is 7.27. The van der Waals surface area contributed by atoms with Gasteiger partial charge in [0.1, 0.15) is 0 Å². The van der Waals surface area contributed by atoms with Crippen LogP contribution >= 0.6 is 11.6 Å². The van der Waals surface area contributed by atoms with E-state index in [2.05, 4.69) is 29.4 Å². The Hall–Kier alpha value is -1.33. The molecule has 0 radical (unpaired) electrons. The Morgan fingerprint density at radius 1 is 1.40 bits per heavy atom. The first-order valence-electron chi connectivity index (χ1n) is 6.89. The maximum atomic E-state index is 6.37. The van der Waals surface area contributed by atoms with E-state index in [1.54, 1.807) is 6.20 Å². The topological polar surface area (TPSA) is 47.7 Å². The van der Waals surface area contributed by atoms with E-state index in [9.17, 15) is 0 Å². The molecular formula is C14H22ClN5. The minimum Gasteiger partial charge on any atom is -0.308 e. The molecule has 1 N–H and O–H groups in total. The fourth-order valence-electron chi connectivity index (χ4n) is 2.67. The van der Waals surface area contributed by atoms with Gasteiger partial charge in [-0.1, -0.05) is 18.5 Å². The highest BCUT2D eigenvalue weighted by Gasteiger charge is 2.25. The molecule has 1 unspecified atom stereocenters. The Kier molecular flexibility index (Phi) is 4.50. The molecule has 0 fully saturated rings. The van der Waals surface area contributed by atoms with E-state index < -0.39 is 0 Å². The number of nitrogens with one attached hydrogen (secondary N) is 1. The molecule has 2 aromatic heterocycles. The van der Waals surface area contributed by atoms with Gasteiger partial charge in [0.25, 0.3) is 0 Å². The predicted molar refractivity (Wildman–Crippen MR) is 81.1 cm³/mol. The summed E-state index contributed by atoms with van der Waals surface area (Å²) in [5.41, 5.74) is 4.34. The van der Waals surface area contributed by atoms with Crippen LogP contribution in [0.3, 0.4) is 0 Å². The van der Waals surface area contributed by atoms with Gasteiger partial charge in [0.15, 0.2) is 0 Å². The highest BCUT2D eigenvalue weighted by atomic mass is 35.5. The van der Waals surface area contributed by atoms with Crippen molar-refractivity contribution in [1.29, 1.82) is 0 Å². The third-order valence-corrected chi connectivity index (χ3v) is 3.98. The molecule has 2 rings (SSSR count). The van der Waals surface area contributed by atoms with Crippen LogP contribution in [0.4, 0.5) is 0 Å². The van der Waals surface area contributed by atoms with E-state index in [4.69, 9.17) is 11.6 Å². The maximum absolute atomic E-state index is 6.37. The third kappa shape index (κ3) is 2.47. The van der Waals surface area contributed by atoms with Crippen LogP contribution in [0.1, 0.15) is 42.0 Å². The van der Waals surface area contributed by atoms with Gasteiger partial charge in [-0.15, -0.1) is 0 Å². The summed E-state index contributed by atoms with van der Waals surface area (Å²) in [5, 5.41) is 12.9. The van der Waals surface area contributed by atoms with Gasteiger partial charge in [0.05, 0.1) is 28.6 Å². The van der Waals surface area contributed by atoms with Crippen molar-refractivity contribution in [3.8, 4) is 0 Å². The van der Waals surface area contributed by atoms with Gasteiger partial charge in [0.2, 0.25) is 0 Å². The second-order valence-corrected chi connectivity index (χ2v) is 5.44. The fourth-order valence-corrected chi connectivity index (χ4v) is 2.92. The summed E-state index contributed by atoms with van der Waals surface area (Å²) in [6, 6.07) is 0.00486. The Morgan fingerprint density at radius 2 is 2.10 bits per heavy atom. The molecule has 0 aliphatic heterocycles. The number of hydrogen-bond donors (Lipinski definition) is 1. The van der Waals surface area contributed by atoms with Crippen molar-refractivity contribution in [3.05, 3.63) is 33.9 Å². The number of halogens is 1. The first kappa shape index (κ1) is 15.1. The zero-order valence-electron chi connectivity index (χ0n) is 12.7. The van der Waals surface area contributed by atoms with Crippen LogP contribution in [0, 0.1) is 13.8 Å². The molecule has 0 aliphatic carbocycles. The van der Waals surface area contributed by atoms with Crippen molar-refractivity contribution in [2.75, 3.05) is 7.05 Å². The summed E-state index contributed by atoms with van der Waals surface area (Å²) < 4.78 is 3.89. The Morgan fingerprint density at radius 3 is 2.60 bits per heavy atom. The van der Waals surface area contributed by atoms with E-state index in [1.165, 1.54) is 5.56 Å². The molecule has 0 saturated carbocycles. The number of aryl methyl sites for hydroxylation is 3. The first-order chi connectivity index (χ1) is 9.51. The summed E-state index contributed by atoms with van der Waals surface area (Å²) >= 11 is 6.37. The zero-order chi connectivity index (χ0) is 14.9. The SMILES string of the molecule is CCCn1ncc(Cl)c1C(NC)c1c(C)nn(C)c1C. The average Bonchev–Trinajstić information content (AvgIpc) is 2.87. The normalized spacial score (nSPS) is 12.9. The summed E-state index contributed by atoms with van der Waals surface area (Å²) in [5.74, 6) is 0. The van der Waals surface area contributed by atoms with Crippen LogP contribution in [0.25, 0.3) is 0 Å². The second-order valence-electron chi connectivity index (χ2n) is 5.03. The summed E-state index contributed by atoms with van der Waals surface area (Å²) in [6.45, 7) is 7.10. The molecule has 0 saturated heterocycles. The van der Waals surface area contributed by atoms with Crippen LogP contribution in [0.15, 0.2) is 6.20 Å². The molecule has 5 nitrogen and oxygen atoms in total. The molecule has 0 amide bonds. The largest absolute Gasteiger partial charge is 0.308 e. The lowest BCUT2D eigenvalue weighted by Gasteiger charge is -2.19. The van der Waals surface area contributed by atoms with E-state index in [-0.39, 0.29) is 6.04 Å². The van der Waals surface area contributed by atoms with E-state index >= 15 is 0 Å². The molecule has 0 bridgehead atoms. The predicted octanol–water partition coefficient (Wildman–Crippen LogP) is 2.61. The summed E-state index contributed by atoms with van der Waals surface area (Å²) in [7, 11) is 3.90. The van der Waals surface area contributed by atoms with Gasteiger partial charge in [-0.3, -0.25) is 9.36 Å². The van der Waals surface area contributed by atoms with Gasteiger partial charge < -0.3 is 5.32 Å². The molecule has 2 aromatic rings. The van der Waals surface area contributed by atoms with Crippen molar-refractivity contribution in [3.63, 3.8) is 0 Å². The van der Waals surface area contributed by atoms with Crippen molar-refractivity contribution in [2.24, 2.45) is 7.05 Å². The van der Waals surface area contributed by atoms with Crippen LogP contribution in [0.5, 0.6) is 0 Å². The van der Waals surface area contributed by atoms with Gasteiger partial charge in [-0.2, -0.15) is 10.2 Å². The van der Waals surface area contributed by atoms with Gasteiger partial charge in [0, 0.05) is 24.8 Å². The molecular weight excluding hydrogens is 274 g/mol. The Balaban J connectivity index is 2.55. The van der Waals surface area contributed by atoms with E-state index in [0.29, 0.717) is 5.02 Å². The van der Waals surface area contributed by atoms with Crippen LogP contribution in [-0.2, 0) is 13.6 Å². The smallest absolute Gasteiger partial charge is 0.0837 e. The van der Waals surface area contributed by atoms with Crippen LogP contribution in [-0.4, -0.2) is 26.6 Å². The Labute approximate surface area is 124 Å². The fraction of sp³-hybridized carbons (Fsp3) is 0.571. The third-order valence-electron chi connectivity index (χ3n) is 3.68. The summed E-state index contributed by atoms with van der Waals surface area (Å²) in [4.78, 5) is 0. The molecule has 0 aromatic carbocycles. The van der Waals surface area contributed by atoms with Gasteiger partial charge in [-0.25, -0.2) is 0 Å². The monoisotopic (exact) mass is 295 g/mol. The van der Waals surface area contributed by atoms with Gasteiger partial charge in [-0.05, 0) is 27.3 Å². The van der Waals surface area contributed by atoms with Gasteiger partial charge >= 0.3 is 0 Å².